The van der Waals surface area contributed by atoms with Crippen molar-refractivity contribution < 1.29 is 0 Å². The van der Waals surface area contributed by atoms with Crippen molar-refractivity contribution in [1.29, 1.82) is 0 Å². The van der Waals surface area contributed by atoms with Gasteiger partial charge in [-0.2, -0.15) is 0 Å². The van der Waals surface area contributed by atoms with Crippen molar-refractivity contribution in [2.45, 2.75) is 57.9 Å². The lowest BCUT2D eigenvalue weighted by Crippen LogP contribution is -2.45. The molecule has 1 spiro atoms. The highest BCUT2D eigenvalue weighted by atomic mass is 15.2. The second kappa shape index (κ2) is 6.33. The topological polar surface area (TPSA) is 39.7 Å². The lowest BCUT2D eigenvalue weighted by atomic mass is 9.68. The maximum Gasteiger partial charge on any atom is 0.191 e. The van der Waals surface area contributed by atoms with E-state index in [4.69, 9.17) is 0 Å². The molecule has 114 valence electrons. The third kappa shape index (κ3) is 3.46. The molecule has 2 heterocycles. The molecule has 4 nitrogen and oxygen atoms in total. The van der Waals surface area contributed by atoms with Crippen LogP contribution < -0.4 is 10.6 Å². The number of hydrogen-bond donors (Lipinski definition) is 2. The quantitative estimate of drug-likeness (QED) is 0.829. The predicted octanol–water partition coefficient (Wildman–Crippen LogP) is 1.97. The van der Waals surface area contributed by atoms with Crippen LogP contribution in [0, 0.1) is 5.41 Å². The van der Waals surface area contributed by atoms with Crippen LogP contribution in [0.1, 0.15) is 51.9 Å². The molecule has 0 amide bonds. The first-order valence-corrected chi connectivity index (χ1v) is 8.53. The molecule has 0 bridgehead atoms. The number of nitrogens with one attached hydrogen (secondary N) is 2. The first kappa shape index (κ1) is 14.2. The molecule has 3 rings (SSSR count). The van der Waals surface area contributed by atoms with Crippen LogP contribution in [0.5, 0.6) is 0 Å². The van der Waals surface area contributed by atoms with Gasteiger partial charge in [0.1, 0.15) is 0 Å². The summed E-state index contributed by atoms with van der Waals surface area (Å²) in [6.45, 7) is 7.87. The average molecular weight is 278 g/mol. The first-order valence-electron chi connectivity index (χ1n) is 8.53. The number of aliphatic imine (C=N–C) groups is 1. The van der Waals surface area contributed by atoms with Crippen molar-refractivity contribution in [3.63, 3.8) is 0 Å². The van der Waals surface area contributed by atoms with E-state index >= 15 is 0 Å². The molecule has 3 aliphatic rings. The molecule has 1 atom stereocenters. The number of hydrogen-bond acceptors (Lipinski definition) is 4. The molecule has 20 heavy (non-hydrogen) atoms. The Morgan fingerprint density at radius 2 is 1.95 bits per heavy atom. The van der Waals surface area contributed by atoms with E-state index in [1.54, 1.807) is 0 Å². The first-order chi connectivity index (χ1) is 9.76. The second-order valence-corrected chi connectivity index (χ2v) is 7.06. The Labute approximate surface area is 123 Å². The van der Waals surface area contributed by atoms with Crippen molar-refractivity contribution >= 4 is 5.96 Å². The molecule has 1 saturated heterocycles. The lowest BCUT2D eigenvalue weighted by Gasteiger charge is -2.44. The molecule has 0 aromatic carbocycles. The zero-order valence-electron chi connectivity index (χ0n) is 13.0. The number of rotatable bonds is 3. The van der Waals surface area contributed by atoms with E-state index in [1.165, 1.54) is 58.0 Å². The molecule has 0 radical (unpaired) electrons. The Morgan fingerprint density at radius 3 is 2.60 bits per heavy atom. The van der Waals surface area contributed by atoms with Crippen LogP contribution in [0.15, 0.2) is 4.99 Å². The van der Waals surface area contributed by atoms with E-state index in [1.807, 2.05) is 0 Å². The Balaban J connectivity index is 1.34. The third-order valence-corrected chi connectivity index (χ3v) is 5.46. The average Bonchev–Trinajstić information content (AvgIpc) is 2.88. The van der Waals surface area contributed by atoms with Gasteiger partial charge in [-0.05, 0) is 51.1 Å². The minimum Gasteiger partial charge on any atom is -0.355 e. The second-order valence-electron chi connectivity index (χ2n) is 7.06. The summed E-state index contributed by atoms with van der Waals surface area (Å²) in [5.74, 6) is 0.998. The highest BCUT2D eigenvalue weighted by molar-refractivity contribution is 5.81. The fourth-order valence-electron chi connectivity index (χ4n) is 4.05. The minimum absolute atomic E-state index is 0.499. The van der Waals surface area contributed by atoms with Gasteiger partial charge < -0.3 is 15.5 Å². The van der Waals surface area contributed by atoms with E-state index in [0.717, 1.165) is 31.0 Å². The standard InChI is InChI=1S/C16H30N4/c1-14-13-18-15(19-14)17-9-12-20-10-7-16(8-11-20)5-3-2-4-6-16/h14H,2-13H2,1H3,(H2,17,18,19). The molecule has 2 fully saturated rings. The highest BCUT2D eigenvalue weighted by Gasteiger charge is 2.35. The van der Waals surface area contributed by atoms with Gasteiger partial charge >= 0.3 is 0 Å². The highest BCUT2D eigenvalue weighted by Crippen LogP contribution is 2.44. The molecule has 1 saturated carbocycles. The molecule has 1 unspecified atom stereocenters. The van der Waals surface area contributed by atoms with Crippen LogP contribution in [0.4, 0.5) is 0 Å². The fraction of sp³-hybridized carbons (Fsp3) is 0.938. The summed E-state index contributed by atoms with van der Waals surface area (Å²) in [6, 6.07) is 0.499. The van der Waals surface area contributed by atoms with E-state index in [2.05, 4.69) is 27.4 Å². The van der Waals surface area contributed by atoms with Gasteiger partial charge in [0.2, 0.25) is 0 Å². The normalized spacial score (nSPS) is 30.1. The number of piperidine rings is 1. The van der Waals surface area contributed by atoms with E-state index in [9.17, 15) is 0 Å². The SMILES string of the molecule is CC1CN=C(NCCN2CCC3(CCCCC3)CC2)N1. The third-order valence-electron chi connectivity index (χ3n) is 5.46. The monoisotopic (exact) mass is 278 g/mol. The molecule has 0 aromatic rings. The zero-order chi connectivity index (χ0) is 13.8. The summed E-state index contributed by atoms with van der Waals surface area (Å²) >= 11 is 0. The summed E-state index contributed by atoms with van der Waals surface area (Å²) in [7, 11) is 0. The van der Waals surface area contributed by atoms with Crippen molar-refractivity contribution in [1.82, 2.24) is 15.5 Å². The molecule has 0 aromatic heterocycles. The van der Waals surface area contributed by atoms with Gasteiger partial charge in [0, 0.05) is 19.1 Å². The Kier molecular flexibility index (Phi) is 4.49. The summed E-state index contributed by atoms with van der Waals surface area (Å²) < 4.78 is 0. The van der Waals surface area contributed by atoms with Gasteiger partial charge in [-0.25, -0.2) is 0 Å². The van der Waals surface area contributed by atoms with Crippen LogP contribution in [0.2, 0.25) is 0 Å². The summed E-state index contributed by atoms with van der Waals surface area (Å²) in [5, 5.41) is 6.79. The van der Waals surface area contributed by atoms with Crippen LogP contribution in [-0.2, 0) is 0 Å². The minimum atomic E-state index is 0.499. The molecular weight excluding hydrogens is 248 g/mol. The van der Waals surface area contributed by atoms with Crippen molar-refractivity contribution in [2.24, 2.45) is 10.4 Å². The van der Waals surface area contributed by atoms with Gasteiger partial charge in [-0.3, -0.25) is 4.99 Å². The largest absolute Gasteiger partial charge is 0.355 e. The molecule has 4 heteroatoms. The molecule has 2 N–H and O–H groups in total. The van der Waals surface area contributed by atoms with Gasteiger partial charge in [-0.15, -0.1) is 0 Å². The number of guanidine groups is 1. The van der Waals surface area contributed by atoms with Gasteiger partial charge in [0.15, 0.2) is 5.96 Å². The Bertz CT molecular complexity index is 336. The van der Waals surface area contributed by atoms with Crippen LogP contribution in [0.3, 0.4) is 0 Å². The number of nitrogens with zero attached hydrogens (tertiary/aromatic N) is 2. The van der Waals surface area contributed by atoms with Crippen LogP contribution in [0.25, 0.3) is 0 Å². The number of likely N-dealkylation sites (tertiary alicyclic amines) is 1. The summed E-state index contributed by atoms with van der Waals surface area (Å²) in [4.78, 5) is 7.07. The Morgan fingerprint density at radius 1 is 1.20 bits per heavy atom. The Hall–Kier alpha value is -0.770. The van der Waals surface area contributed by atoms with E-state index in [0.29, 0.717) is 6.04 Å². The van der Waals surface area contributed by atoms with Crippen LogP contribution >= 0.6 is 0 Å². The summed E-state index contributed by atoms with van der Waals surface area (Å²) in [5.41, 5.74) is 0.731. The predicted molar refractivity (Wildman–Crippen MR) is 84.1 cm³/mol. The lowest BCUT2D eigenvalue weighted by molar-refractivity contribution is 0.0689. The van der Waals surface area contributed by atoms with E-state index in [-0.39, 0.29) is 0 Å². The van der Waals surface area contributed by atoms with Crippen molar-refractivity contribution in [3.05, 3.63) is 0 Å². The smallest absolute Gasteiger partial charge is 0.191 e. The zero-order valence-corrected chi connectivity index (χ0v) is 13.0. The molecular formula is C16H30N4. The van der Waals surface area contributed by atoms with E-state index < -0.39 is 0 Å². The maximum absolute atomic E-state index is 4.44. The van der Waals surface area contributed by atoms with Crippen molar-refractivity contribution in [3.8, 4) is 0 Å². The van der Waals surface area contributed by atoms with Gasteiger partial charge in [-0.1, -0.05) is 19.3 Å². The molecule has 2 aliphatic heterocycles. The van der Waals surface area contributed by atoms with Gasteiger partial charge in [0.05, 0.1) is 6.54 Å². The van der Waals surface area contributed by atoms with Crippen LogP contribution in [-0.4, -0.2) is 49.6 Å². The summed E-state index contributed by atoms with van der Waals surface area (Å²) in [6.07, 6.45) is 10.3. The van der Waals surface area contributed by atoms with Crippen molar-refractivity contribution in [2.75, 3.05) is 32.7 Å². The maximum atomic E-state index is 4.44. The fourth-order valence-corrected chi connectivity index (χ4v) is 4.05. The molecule has 1 aliphatic carbocycles. The van der Waals surface area contributed by atoms with Gasteiger partial charge in [0.25, 0.3) is 0 Å².